The molecule has 0 bridgehead atoms. The number of hydrogen-bond donors (Lipinski definition) is 1. The Bertz CT molecular complexity index is 278. The van der Waals surface area contributed by atoms with E-state index >= 15 is 0 Å². The highest BCUT2D eigenvalue weighted by molar-refractivity contribution is 7.99. The number of ether oxygens (including phenoxy) is 1. The van der Waals surface area contributed by atoms with Crippen LogP contribution in [0, 0.1) is 0 Å². The van der Waals surface area contributed by atoms with E-state index in [2.05, 4.69) is 13.0 Å². The number of hydrogen-bond acceptors (Lipinski definition) is 3. The van der Waals surface area contributed by atoms with Crippen molar-refractivity contribution >= 4 is 11.8 Å². The molecule has 1 atom stereocenters. The molecule has 1 rings (SSSR count). The molecule has 0 radical (unpaired) electrons. The van der Waals surface area contributed by atoms with Gasteiger partial charge in [0, 0.05) is 23.1 Å². The first kappa shape index (κ1) is 11.4. The molecule has 0 aliphatic rings. The first-order valence-corrected chi connectivity index (χ1v) is 5.76. The van der Waals surface area contributed by atoms with Crippen LogP contribution in [0.4, 0.5) is 0 Å². The van der Waals surface area contributed by atoms with Crippen molar-refractivity contribution in [2.24, 2.45) is 5.73 Å². The molecule has 0 amide bonds. The minimum absolute atomic E-state index is 0.500. The molecule has 1 unspecified atom stereocenters. The third-order valence-corrected chi connectivity index (χ3v) is 3.29. The van der Waals surface area contributed by atoms with Crippen LogP contribution in [0.15, 0.2) is 24.3 Å². The van der Waals surface area contributed by atoms with Crippen molar-refractivity contribution in [1.29, 1.82) is 0 Å². The Balaban J connectivity index is 2.57. The largest absolute Gasteiger partial charge is 0.496 e. The lowest BCUT2D eigenvalue weighted by Gasteiger charge is -2.10. The SMILES string of the molecule is COc1ccccc1CSC(C)CN. The Labute approximate surface area is 89.8 Å². The van der Waals surface area contributed by atoms with Gasteiger partial charge in [0.05, 0.1) is 7.11 Å². The Kier molecular flexibility index (Phi) is 4.84. The summed E-state index contributed by atoms with van der Waals surface area (Å²) in [6, 6.07) is 8.10. The van der Waals surface area contributed by atoms with Gasteiger partial charge in [0.25, 0.3) is 0 Å². The monoisotopic (exact) mass is 211 g/mol. The Hall–Kier alpha value is -0.670. The average molecular weight is 211 g/mol. The second-order valence-corrected chi connectivity index (χ2v) is 4.60. The molecule has 2 nitrogen and oxygen atoms in total. The van der Waals surface area contributed by atoms with Gasteiger partial charge in [-0.1, -0.05) is 25.1 Å². The highest BCUT2D eigenvalue weighted by Crippen LogP contribution is 2.24. The van der Waals surface area contributed by atoms with E-state index in [-0.39, 0.29) is 0 Å². The van der Waals surface area contributed by atoms with Gasteiger partial charge in [-0.2, -0.15) is 11.8 Å². The van der Waals surface area contributed by atoms with Crippen LogP contribution >= 0.6 is 11.8 Å². The summed E-state index contributed by atoms with van der Waals surface area (Å²) >= 11 is 1.85. The minimum Gasteiger partial charge on any atom is -0.496 e. The third-order valence-electron chi connectivity index (χ3n) is 2.05. The maximum Gasteiger partial charge on any atom is 0.122 e. The van der Waals surface area contributed by atoms with Crippen LogP contribution in [-0.4, -0.2) is 18.9 Å². The number of thioether (sulfide) groups is 1. The normalized spacial score (nSPS) is 12.5. The average Bonchev–Trinajstić information content (AvgIpc) is 2.26. The zero-order chi connectivity index (χ0) is 10.4. The van der Waals surface area contributed by atoms with E-state index in [1.54, 1.807) is 7.11 Å². The van der Waals surface area contributed by atoms with Crippen molar-refractivity contribution < 1.29 is 4.74 Å². The van der Waals surface area contributed by atoms with Crippen LogP contribution in [0.25, 0.3) is 0 Å². The third kappa shape index (κ3) is 3.24. The Morgan fingerprint density at radius 2 is 2.14 bits per heavy atom. The molecule has 0 aliphatic carbocycles. The number of benzene rings is 1. The molecule has 0 fully saturated rings. The molecular weight excluding hydrogens is 194 g/mol. The summed E-state index contributed by atoms with van der Waals surface area (Å²) in [5.41, 5.74) is 6.79. The maximum absolute atomic E-state index is 5.55. The van der Waals surface area contributed by atoms with E-state index in [9.17, 15) is 0 Å². The minimum atomic E-state index is 0.500. The predicted octanol–water partition coefficient (Wildman–Crippen LogP) is 2.28. The van der Waals surface area contributed by atoms with E-state index in [4.69, 9.17) is 10.5 Å². The zero-order valence-corrected chi connectivity index (χ0v) is 9.51. The van der Waals surface area contributed by atoms with Gasteiger partial charge in [0.1, 0.15) is 5.75 Å². The van der Waals surface area contributed by atoms with Crippen LogP contribution in [0.3, 0.4) is 0 Å². The van der Waals surface area contributed by atoms with E-state index in [0.717, 1.165) is 18.0 Å². The Morgan fingerprint density at radius 1 is 1.43 bits per heavy atom. The van der Waals surface area contributed by atoms with Gasteiger partial charge in [-0.15, -0.1) is 0 Å². The van der Waals surface area contributed by atoms with Crippen molar-refractivity contribution in [2.75, 3.05) is 13.7 Å². The van der Waals surface area contributed by atoms with E-state index in [1.165, 1.54) is 5.56 Å². The standard InChI is InChI=1S/C11H17NOS/c1-9(7-12)14-8-10-5-3-4-6-11(10)13-2/h3-6,9H,7-8,12H2,1-2H3. The topological polar surface area (TPSA) is 35.2 Å². The molecule has 0 saturated heterocycles. The van der Waals surface area contributed by atoms with Crippen molar-refractivity contribution in [3.8, 4) is 5.75 Å². The summed E-state index contributed by atoms with van der Waals surface area (Å²) in [7, 11) is 1.70. The van der Waals surface area contributed by atoms with Gasteiger partial charge in [-0.25, -0.2) is 0 Å². The second-order valence-electron chi connectivity index (χ2n) is 3.17. The van der Waals surface area contributed by atoms with Gasteiger partial charge in [0.15, 0.2) is 0 Å². The highest BCUT2D eigenvalue weighted by atomic mass is 32.2. The van der Waals surface area contributed by atoms with E-state index in [0.29, 0.717) is 5.25 Å². The van der Waals surface area contributed by atoms with Crippen LogP contribution in [0.2, 0.25) is 0 Å². The lowest BCUT2D eigenvalue weighted by molar-refractivity contribution is 0.411. The highest BCUT2D eigenvalue weighted by Gasteiger charge is 2.04. The molecule has 3 heteroatoms. The summed E-state index contributed by atoms with van der Waals surface area (Å²) < 4.78 is 5.27. The summed E-state index contributed by atoms with van der Waals surface area (Å²) in [4.78, 5) is 0. The lowest BCUT2D eigenvalue weighted by Crippen LogP contribution is -2.12. The molecule has 2 N–H and O–H groups in total. The van der Waals surface area contributed by atoms with Gasteiger partial charge in [-0.3, -0.25) is 0 Å². The maximum atomic E-state index is 5.55. The van der Waals surface area contributed by atoms with Crippen molar-refractivity contribution in [3.05, 3.63) is 29.8 Å². The number of rotatable bonds is 5. The quantitative estimate of drug-likeness (QED) is 0.811. The van der Waals surface area contributed by atoms with Crippen molar-refractivity contribution in [2.45, 2.75) is 17.9 Å². The van der Waals surface area contributed by atoms with Crippen LogP contribution in [-0.2, 0) is 5.75 Å². The fourth-order valence-corrected chi connectivity index (χ4v) is 1.96. The number of para-hydroxylation sites is 1. The molecule has 0 aliphatic heterocycles. The number of methoxy groups -OCH3 is 1. The summed E-state index contributed by atoms with van der Waals surface area (Å²) in [6.07, 6.45) is 0. The van der Waals surface area contributed by atoms with Crippen LogP contribution in [0.5, 0.6) is 5.75 Å². The lowest BCUT2D eigenvalue weighted by atomic mass is 10.2. The zero-order valence-electron chi connectivity index (χ0n) is 8.69. The predicted molar refractivity (Wildman–Crippen MR) is 62.8 cm³/mol. The van der Waals surface area contributed by atoms with E-state index in [1.807, 2.05) is 30.0 Å². The summed E-state index contributed by atoms with van der Waals surface area (Å²) in [5.74, 6) is 1.92. The van der Waals surface area contributed by atoms with Gasteiger partial charge >= 0.3 is 0 Å². The van der Waals surface area contributed by atoms with Crippen LogP contribution < -0.4 is 10.5 Å². The van der Waals surface area contributed by atoms with Gasteiger partial charge in [0.2, 0.25) is 0 Å². The molecule has 14 heavy (non-hydrogen) atoms. The first-order valence-electron chi connectivity index (χ1n) is 4.71. The molecule has 0 heterocycles. The van der Waals surface area contributed by atoms with E-state index < -0.39 is 0 Å². The molecule has 0 spiro atoms. The molecule has 78 valence electrons. The molecule has 0 aromatic heterocycles. The van der Waals surface area contributed by atoms with Gasteiger partial charge in [-0.05, 0) is 6.07 Å². The number of nitrogens with two attached hydrogens (primary N) is 1. The fourth-order valence-electron chi connectivity index (χ4n) is 1.12. The van der Waals surface area contributed by atoms with Crippen molar-refractivity contribution in [3.63, 3.8) is 0 Å². The Morgan fingerprint density at radius 3 is 2.79 bits per heavy atom. The summed E-state index contributed by atoms with van der Waals surface area (Å²) in [5, 5.41) is 0.500. The van der Waals surface area contributed by atoms with Crippen molar-refractivity contribution in [1.82, 2.24) is 0 Å². The molecule has 1 aromatic rings. The molecular formula is C11H17NOS. The summed E-state index contributed by atoms with van der Waals surface area (Å²) in [6.45, 7) is 2.86. The smallest absolute Gasteiger partial charge is 0.122 e. The first-order chi connectivity index (χ1) is 6.77. The van der Waals surface area contributed by atoms with Crippen LogP contribution in [0.1, 0.15) is 12.5 Å². The molecule has 1 aromatic carbocycles. The molecule has 0 saturated carbocycles. The second kappa shape index (κ2) is 5.94. The fraction of sp³-hybridized carbons (Fsp3) is 0.455. The van der Waals surface area contributed by atoms with Gasteiger partial charge < -0.3 is 10.5 Å².